The first kappa shape index (κ1) is 17.0. The highest BCUT2D eigenvalue weighted by Crippen LogP contribution is 2.44. The molecule has 6 heteroatoms. The topological polar surface area (TPSA) is 78.9 Å². The van der Waals surface area contributed by atoms with Crippen LogP contribution in [0.15, 0.2) is 48.5 Å². The minimum absolute atomic E-state index is 0.0206. The van der Waals surface area contributed by atoms with Crippen molar-refractivity contribution in [1.82, 2.24) is 10.4 Å². The summed E-state index contributed by atoms with van der Waals surface area (Å²) in [6.07, 6.45) is -0.648. The third kappa shape index (κ3) is 3.64. The van der Waals surface area contributed by atoms with Crippen molar-refractivity contribution in [2.24, 2.45) is 0 Å². The number of carboxylic acids is 1. The SMILES string of the molecule is CCN(CC(=O)O)NC(=O)OCC1c2ccccc2-c2ccccc21. The molecule has 0 bridgehead atoms. The number of amides is 1. The van der Waals surface area contributed by atoms with Crippen LogP contribution in [0.1, 0.15) is 24.0 Å². The van der Waals surface area contributed by atoms with Gasteiger partial charge in [-0.3, -0.25) is 10.2 Å². The molecular formula is C19H20N2O4. The van der Waals surface area contributed by atoms with E-state index in [1.807, 2.05) is 36.4 Å². The summed E-state index contributed by atoms with van der Waals surface area (Å²) in [6.45, 7) is 2.05. The van der Waals surface area contributed by atoms with Crippen LogP contribution in [0.3, 0.4) is 0 Å². The molecule has 3 rings (SSSR count). The highest BCUT2D eigenvalue weighted by Gasteiger charge is 2.29. The van der Waals surface area contributed by atoms with Gasteiger partial charge in [0.15, 0.2) is 0 Å². The Kier molecular flexibility index (Phi) is 5.00. The summed E-state index contributed by atoms with van der Waals surface area (Å²) in [5, 5.41) is 10.1. The van der Waals surface area contributed by atoms with Crippen molar-refractivity contribution in [1.29, 1.82) is 0 Å². The zero-order valence-corrected chi connectivity index (χ0v) is 13.9. The highest BCUT2D eigenvalue weighted by molar-refractivity contribution is 5.79. The fourth-order valence-electron chi connectivity index (χ4n) is 3.15. The van der Waals surface area contributed by atoms with Gasteiger partial charge in [-0.05, 0) is 22.3 Å². The lowest BCUT2D eigenvalue weighted by Gasteiger charge is -2.20. The molecule has 0 aliphatic heterocycles. The number of hydrogen-bond donors (Lipinski definition) is 2. The number of likely N-dealkylation sites (N-methyl/N-ethyl adjacent to an activating group) is 1. The van der Waals surface area contributed by atoms with E-state index in [0.29, 0.717) is 6.54 Å². The van der Waals surface area contributed by atoms with Crippen LogP contribution in [-0.4, -0.2) is 41.9 Å². The molecule has 0 heterocycles. The lowest BCUT2D eigenvalue weighted by Crippen LogP contribution is -2.45. The average Bonchev–Trinajstić information content (AvgIpc) is 2.93. The first-order valence-electron chi connectivity index (χ1n) is 8.18. The Balaban J connectivity index is 1.69. The average molecular weight is 340 g/mol. The summed E-state index contributed by atoms with van der Waals surface area (Å²) in [7, 11) is 0. The molecule has 1 aliphatic rings. The number of hydrazine groups is 1. The first-order chi connectivity index (χ1) is 12.1. The minimum atomic E-state index is -1.01. The number of nitrogens with one attached hydrogen (secondary N) is 1. The number of ether oxygens (including phenoxy) is 1. The van der Waals surface area contributed by atoms with Gasteiger partial charge in [-0.1, -0.05) is 55.5 Å². The van der Waals surface area contributed by atoms with Crippen molar-refractivity contribution in [3.63, 3.8) is 0 Å². The first-order valence-corrected chi connectivity index (χ1v) is 8.18. The van der Waals surface area contributed by atoms with Gasteiger partial charge in [-0.2, -0.15) is 0 Å². The van der Waals surface area contributed by atoms with E-state index in [2.05, 4.69) is 17.6 Å². The molecule has 2 aromatic carbocycles. The van der Waals surface area contributed by atoms with Crippen molar-refractivity contribution in [3.8, 4) is 11.1 Å². The zero-order chi connectivity index (χ0) is 17.8. The Bertz CT molecular complexity index is 745. The van der Waals surface area contributed by atoms with Crippen molar-refractivity contribution >= 4 is 12.1 Å². The summed E-state index contributed by atoms with van der Waals surface area (Å²) in [6, 6.07) is 16.2. The quantitative estimate of drug-likeness (QED) is 0.791. The van der Waals surface area contributed by atoms with E-state index in [0.717, 1.165) is 22.3 Å². The number of carboxylic acid groups (broad SMARTS) is 1. The molecule has 0 unspecified atom stereocenters. The molecule has 0 aromatic heterocycles. The lowest BCUT2D eigenvalue weighted by molar-refractivity contribution is -0.138. The summed E-state index contributed by atoms with van der Waals surface area (Å²) < 4.78 is 5.37. The van der Waals surface area contributed by atoms with Crippen LogP contribution in [0.4, 0.5) is 4.79 Å². The van der Waals surface area contributed by atoms with Gasteiger partial charge in [0.05, 0.1) is 0 Å². The van der Waals surface area contributed by atoms with E-state index in [1.54, 1.807) is 6.92 Å². The van der Waals surface area contributed by atoms with Crippen LogP contribution < -0.4 is 5.43 Å². The van der Waals surface area contributed by atoms with Crippen molar-refractivity contribution in [3.05, 3.63) is 59.7 Å². The number of nitrogens with zero attached hydrogens (tertiary/aromatic N) is 1. The molecule has 0 fully saturated rings. The maximum atomic E-state index is 12.0. The molecule has 0 spiro atoms. The van der Waals surface area contributed by atoms with Gasteiger partial charge in [-0.25, -0.2) is 9.80 Å². The van der Waals surface area contributed by atoms with Crippen LogP contribution in [-0.2, 0) is 9.53 Å². The van der Waals surface area contributed by atoms with Gasteiger partial charge in [-0.15, -0.1) is 0 Å². The number of rotatable bonds is 6. The number of benzene rings is 2. The number of fused-ring (bicyclic) bond motifs is 3. The molecule has 1 aliphatic carbocycles. The molecule has 0 saturated carbocycles. The normalized spacial score (nSPS) is 12.6. The van der Waals surface area contributed by atoms with Crippen LogP contribution in [0, 0.1) is 0 Å². The second kappa shape index (κ2) is 7.36. The Labute approximate surface area is 146 Å². The fourth-order valence-corrected chi connectivity index (χ4v) is 3.15. The molecule has 2 aromatic rings. The predicted molar refractivity (Wildman–Crippen MR) is 93.1 cm³/mol. The molecule has 130 valence electrons. The number of carbonyl (C=O) groups excluding carboxylic acids is 1. The third-order valence-electron chi connectivity index (χ3n) is 4.30. The molecule has 0 radical (unpaired) electrons. The van der Waals surface area contributed by atoms with E-state index in [9.17, 15) is 9.59 Å². The van der Waals surface area contributed by atoms with Crippen LogP contribution in [0.5, 0.6) is 0 Å². The smallest absolute Gasteiger partial charge is 0.421 e. The van der Waals surface area contributed by atoms with Gasteiger partial charge in [0.2, 0.25) is 0 Å². The van der Waals surface area contributed by atoms with Crippen LogP contribution in [0.25, 0.3) is 11.1 Å². The molecule has 2 N–H and O–H groups in total. The van der Waals surface area contributed by atoms with E-state index in [4.69, 9.17) is 9.84 Å². The third-order valence-corrected chi connectivity index (χ3v) is 4.30. The number of hydrogen-bond acceptors (Lipinski definition) is 4. The number of aliphatic carboxylic acids is 1. The Morgan fingerprint density at radius 2 is 1.64 bits per heavy atom. The van der Waals surface area contributed by atoms with Gasteiger partial charge in [0, 0.05) is 12.5 Å². The van der Waals surface area contributed by atoms with Crippen LogP contribution >= 0.6 is 0 Å². The van der Waals surface area contributed by atoms with E-state index in [1.165, 1.54) is 5.01 Å². The lowest BCUT2D eigenvalue weighted by atomic mass is 9.98. The maximum absolute atomic E-state index is 12.0. The van der Waals surface area contributed by atoms with Crippen molar-refractivity contribution in [2.75, 3.05) is 19.7 Å². The van der Waals surface area contributed by atoms with Gasteiger partial charge in [0.25, 0.3) is 0 Å². The molecule has 1 amide bonds. The summed E-state index contributed by atoms with van der Waals surface area (Å²) in [4.78, 5) is 22.8. The molecule has 0 atom stereocenters. The van der Waals surface area contributed by atoms with Gasteiger partial charge >= 0.3 is 12.1 Å². The standard InChI is InChI=1S/C19H20N2O4/c1-2-21(11-18(22)23)20-19(24)25-12-17-15-9-5-3-7-13(15)14-8-4-6-10-16(14)17/h3-10,17H,2,11-12H2,1H3,(H,20,24)(H,22,23). The number of carbonyl (C=O) groups is 2. The summed E-state index contributed by atoms with van der Waals surface area (Å²) in [5.74, 6) is -1.03. The fraction of sp³-hybridized carbons (Fsp3) is 0.263. The second-order valence-corrected chi connectivity index (χ2v) is 5.85. The largest absolute Gasteiger partial charge is 0.480 e. The molecule has 25 heavy (non-hydrogen) atoms. The van der Waals surface area contributed by atoms with Gasteiger partial charge in [0.1, 0.15) is 13.2 Å². The van der Waals surface area contributed by atoms with Crippen LogP contribution in [0.2, 0.25) is 0 Å². The Hall–Kier alpha value is -2.86. The maximum Gasteiger partial charge on any atom is 0.421 e. The summed E-state index contributed by atoms with van der Waals surface area (Å²) in [5.41, 5.74) is 7.05. The van der Waals surface area contributed by atoms with Crippen molar-refractivity contribution < 1.29 is 19.4 Å². The van der Waals surface area contributed by atoms with E-state index >= 15 is 0 Å². The summed E-state index contributed by atoms with van der Waals surface area (Å²) >= 11 is 0. The Morgan fingerprint density at radius 1 is 1.08 bits per heavy atom. The Morgan fingerprint density at radius 3 is 2.16 bits per heavy atom. The highest BCUT2D eigenvalue weighted by atomic mass is 16.6. The minimum Gasteiger partial charge on any atom is -0.480 e. The van der Waals surface area contributed by atoms with Gasteiger partial charge < -0.3 is 9.84 Å². The molecule has 0 saturated heterocycles. The molecular weight excluding hydrogens is 320 g/mol. The van der Waals surface area contributed by atoms with E-state index in [-0.39, 0.29) is 19.1 Å². The second-order valence-electron chi connectivity index (χ2n) is 5.85. The molecule has 6 nitrogen and oxygen atoms in total. The zero-order valence-electron chi connectivity index (χ0n) is 13.9. The van der Waals surface area contributed by atoms with Crippen molar-refractivity contribution in [2.45, 2.75) is 12.8 Å². The predicted octanol–water partition coefficient (Wildman–Crippen LogP) is 2.85. The van der Waals surface area contributed by atoms with E-state index < -0.39 is 12.1 Å². The monoisotopic (exact) mass is 340 g/mol.